The van der Waals surface area contributed by atoms with Crippen molar-refractivity contribution in [1.29, 1.82) is 0 Å². The minimum absolute atomic E-state index is 0.593. The average Bonchev–Trinajstić information content (AvgIpc) is 2.30. The molecule has 0 heterocycles. The van der Waals surface area contributed by atoms with E-state index in [9.17, 15) is 0 Å². The van der Waals surface area contributed by atoms with Gasteiger partial charge in [-0.1, -0.05) is 70.9 Å². The highest BCUT2D eigenvalue weighted by Crippen LogP contribution is 2.12. The molecule has 17 heavy (non-hydrogen) atoms. The molecule has 0 aromatic carbocycles. The molecule has 0 atom stereocenters. The van der Waals surface area contributed by atoms with E-state index in [0.29, 0.717) is 5.92 Å². The van der Waals surface area contributed by atoms with Crippen molar-refractivity contribution in [3.8, 4) is 0 Å². The number of nitrogens with zero attached hydrogens (tertiary/aromatic N) is 1. The lowest BCUT2D eigenvalue weighted by atomic mass is 10.0. The highest BCUT2D eigenvalue weighted by Gasteiger charge is 2.03. The molecule has 0 rings (SSSR count). The summed E-state index contributed by atoms with van der Waals surface area (Å²) in [5.41, 5.74) is 0.978. The Balaban J connectivity index is 3.32. The van der Waals surface area contributed by atoms with Crippen LogP contribution in [0.1, 0.15) is 85.0 Å². The van der Waals surface area contributed by atoms with E-state index in [-0.39, 0.29) is 0 Å². The van der Waals surface area contributed by atoms with Gasteiger partial charge in [0.15, 0.2) is 0 Å². The van der Waals surface area contributed by atoms with E-state index < -0.39 is 0 Å². The molecule has 0 aliphatic rings. The van der Waals surface area contributed by atoms with E-state index in [1.165, 1.54) is 51.4 Å². The van der Waals surface area contributed by atoms with Crippen LogP contribution in [0.4, 0.5) is 0 Å². The molecule has 0 aliphatic heterocycles. The minimum atomic E-state index is 0.593. The summed E-state index contributed by atoms with van der Waals surface area (Å²) in [6.45, 7) is 6.59. The van der Waals surface area contributed by atoms with Gasteiger partial charge in [0.25, 0.3) is 0 Å². The van der Waals surface area contributed by atoms with Gasteiger partial charge in [-0.15, -0.1) is 0 Å². The Kier molecular flexibility index (Phi) is 11.6. The van der Waals surface area contributed by atoms with Gasteiger partial charge >= 0.3 is 0 Å². The zero-order valence-electron chi connectivity index (χ0n) is 12.0. The summed E-state index contributed by atoms with van der Waals surface area (Å²) in [6, 6.07) is 0. The van der Waals surface area contributed by atoms with Gasteiger partial charge in [0.2, 0.25) is 0 Å². The van der Waals surface area contributed by atoms with E-state index in [0.717, 1.165) is 18.6 Å². The highest BCUT2D eigenvalue weighted by molar-refractivity contribution is 5.83. The summed E-state index contributed by atoms with van der Waals surface area (Å²) in [5, 5.41) is 12.3. The third-order valence-corrected chi connectivity index (χ3v) is 3.10. The van der Waals surface area contributed by atoms with Crippen molar-refractivity contribution in [1.82, 2.24) is 0 Å². The first-order valence-electron chi connectivity index (χ1n) is 7.40. The second-order valence-corrected chi connectivity index (χ2v) is 5.49. The largest absolute Gasteiger partial charge is 0.411 e. The molecule has 0 bridgehead atoms. The van der Waals surface area contributed by atoms with Crippen LogP contribution in [0.15, 0.2) is 5.16 Å². The van der Waals surface area contributed by atoms with Crippen LogP contribution in [0.3, 0.4) is 0 Å². The molecule has 0 aromatic rings. The fraction of sp³-hybridized carbons (Fsp3) is 0.933. The van der Waals surface area contributed by atoms with Crippen molar-refractivity contribution in [2.24, 2.45) is 11.1 Å². The molecule has 0 fully saturated rings. The molecule has 0 unspecified atom stereocenters. The van der Waals surface area contributed by atoms with Gasteiger partial charge in [-0.25, -0.2) is 0 Å². The summed E-state index contributed by atoms with van der Waals surface area (Å²) in [7, 11) is 0. The van der Waals surface area contributed by atoms with Crippen molar-refractivity contribution < 1.29 is 5.21 Å². The quantitative estimate of drug-likeness (QED) is 0.223. The fourth-order valence-corrected chi connectivity index (χ4v) is 2.13. The van der Waals surface area contributed by atoms with Crippen LogP contribution in [0.5, 0.6) is 0 Å². The first kappa shape index (κ1) is 16.5. The summed E-state index contributed by atoms with van der Waals surface area (Å²) >= 11 is 0. The van der Waals surface area contributed by atoms with Crippen LogP contribution in [-0.4, -0.2) is 10.9 Å². The van der Waals surface area contributed by atoms with Crippen LogP contribution < -0.4 is 0 Å². The lowest BCUT2D eigenvalue weighted by Gasteiger charge is -2.07. The Morgan fingerprint density at radius 2 is 1.47 bits per heavy atom. The summed E-state index contributed by atoms with van der Waals surface area (Å²) in [4.78, 5) is 0. The van der Waals surface area contributed by atoms with Gasteiger partial charge in [-0.2, -0.15) is 0 Å². The van der Waals surface area contributed by atoms with Crippen molar-refractivity contribution in [2.45, 2.75) is 85.0 Å². The van der Waals surface area contributed by atoms with Crippen molar-refractivity contribution in [3.05, 3.63) is 0 Å². The second-order valence-electron chi connectivity index (χ2n) is 5.49. The van der Waals surface area contributed by atoms with E-state index in [1.807, 2.05) is 0 Å². The Hall–Kier alpha value is -0.530. The Labute approximate surface area is 107 Å². The fourth-order valence-electron chi connectivity index (χ4n) is 2.13. The normalized spacial score (nSPS) is 12.4. The van der Waals surface area contributed by atoms with Crippen LogP contribution in [-0.2, 0) is 0 Å². The molecule has 0 saturated heterocycles. The molecule has 0 aliphatic carbocycles. The van der Waals surface area contributed by atoms with Gasteiger partial charge in [0.1, 0.15) is 0 Å². The number of oxime groups is 1. The highest BCUT2D eigenvalue weighted by atomic mass is 16.4. The number of hydrogen-bond acceptors (Lipinski definition) is 2. The predicted octanol–water partition coefficient (Wildman–Crippen LogP) is 5.39. The van der Waals surface area contributed by atoms with Crippen LogP contribution in [0.2, 0.25) is 0 Å². The molecule has 0 amide bonds. The molecule has 0 radical (unpaired) electrons. The molecular formula is C15H31NO. The summed E-state index contributed by atoms with van der Waals surface area (Å²) in [5.74, 6) is 0.593. The Bertz CT molecular complexity index is 187. The second kappa shape index (κ2) is 11.9. The van der Waals surface area contributed by atoms with Gasteiger partial charge in [-0.05, 0) is 25.2 Å². The van der Waals surface area contributed by atoms with Crippen LogP contribution in [0.25, 0.3) is 0 Å². The first-order chi connectivity index (χ1) is 8.20. The van der Waals surface area contributed by atoms with Crippen molar-refractivity contribution >= 4 is 5.71 Å². The van der Waals surface area contributed by atoms with Crippen LogP contribution >= 0.6 is 0 Å². The van der Waals surface area contributed by atoms with E-state index in [4.69, 9.17) is 5.21 Å². The monoisotopic (exact) mass is 241 g/mol. The smallest absolute Gasteiger partial charge is 0.0573 e. The molecule has 0 aromatic heterocycles. The van der Waals surface area contributed by atoms with Gasteiger partial charge in [-0.3, -0.25) is 0 Å². The minimum Gasteiger partial charge on any atom is -0.411 e. The van der Waals surface area contributed by atoms with Crippen LogP contribution in [0, 0.1) is 5.92 Å². The van der Waals surface area contributed by atoms with E-state index in [2.05, 4.69) is 25.9 Å². The maximum atomic E-state index is 8.86. The number of unbranched alkanes of at least 4 members (excludes halogenated alkanes) is 7. The molecule has 102 valence electrons. The third kappa shape index (κ3) is 11.7. The molecule has 0 spiro atoms. The molecular weight excluding hydrogens is 210 g/mol. The topological polar surface area (TPSA) is 32.6 Å². The first-order valence-corrected chi connectivity index (χ1v) is 7.40. The molecule has 2 heteroatoms. The summed E-state index contributed by atoms with van der Waals surface area (Å²) < 4.78 is 0. The lowest BCUT2D eigenvalue weighted by Crippen LogP contribution is -2.03. The maximum absolute atomic E-state index is 8.86. The number of hydrogen-bond donors (Lipinski definition) is 1. The van der Waals surface area contributed by atoms with E-state index >= 15 is 0 Å². The SMILES string of the molecule is CCCCCCCCCCC(CC(C)C)=NO. The molecule has 2 nitrogen and oxygen atoms in total. The summed E-state index contributed by atoms with van der Waals surface area (Å²) in [6.07, 6.45) is 12.6. The zero-order chi connectivity index (χ0) is 12.9. The third-order valence-electron chi connectivity index (χ3n) is 3.10. The van der Waals surface area contributed by atoms with E-state index in [1.54, 1.807) is 0 Å². The zero-order valence-corrected chi connectivity index (χ0v) is 12.0. The van der Waals surface area contributed by atoms with Crippen molar-refractivity contribution in [3.63, 3.8) is 0 Å². The predicted molar refractivity (Wildman–Crippen MR) is 75.9 cm³/mol. The molecule has 0 saturated carbocycles. The lowest BCUT2D eigenvalue weighted by molar-refractivity contribution is 0.314. The van der Waals surface area contributed by atoms with Crippen molar-refractivity contribution in [2.75, 3.05) is 0 Å². The van der Waals surface area contributed by atoms with Gasteiger partial charge in [0.05, 0.1) is 5.71 Å². The molecule has 1 N–H and O–H groups in total. The van der Waals surface area contributed by atoms with Gasteiger partial charge < -0.3 is 5.21 Å². The average molecular weight is 241 g/mol. The Morgan fingerprint density at radius 3 is 1.94 bits per heavy atom. The standard InChI is InChI=1S/C15H31NO/c1-4-5-6-7-8-9-10-11-12-15(16-17)13-14(2)3/h14,17H,4-13H2,1-3H3. The Morgan fingerprint density at radius 1 is 0.941 bits per heavy atom. The maximum Gasteiger partial charge on any atom is 0.0573 e. The van der Waals surface area contributed by atoms with Gasteiger partial charge in [0, 0.05) is 0 Å². The number of rotatable bonds is 11.